The van der Waals surface area contributed by atoms with E-state index in [9.17, 15) is 9.18 Å². The fourth-order valence-electron chi connectivity index (χ4n) is 0.109. The monoisotopic (exact) mass is 217 g/mol. The number of nitrogens with one attached hydrogen (secondary N) is 1. The summed E-state index contributed by atoms with van der Waals surface area (Å²) < 4.78 is 10.3. The van der Waals surface area contributed by atoms with Gasteiger partial charge in [-0.2, -0.15) is 0 Å². The molecule has 0 heterocycles. The molecule has 0 aromatic heterocycles. The summed E-state index contributed by atoms with van der Waals surface area (Å²) in [5.41, 5.74) is 0. The molecule has 0 aromatic carbocycles. The van der Waals surface area contributed by atoms with Crippen molar-refractivity contribution in [3.63, 3.8) is 0 Å². The Balaban J connectivity index is 3.35. The van der Waals surface area contributed by atoms with Crippen LogP contribution in [-0.2, 0) is 4.79 Å². The number of carbonyl (C=O) groups excluding carboxylic acids is 1. The van der Waals surface area contributed by atoms with Crippen LogP contribution in [0.4, 0.5) is 4.39 Å². The Bertz CT molecular complexity index is 75.3. The van der Waals surface area contributed by atoms with Crippen molar-refractivity contribution < 1.29 is 9.18 Å². The maximum Gasteiger partial charge on any atom is 0.264 e. The molecule has 1 N–H and O–H groups in total. The van der Waals surface area contributed by atoms with Crippen LogP contribution in [0.25, 0.3) is 0 Å². The number of alkyl halides is 2. The Morgan fingerprint density at radius 3 is 2.43 bits per heavy atom. The number of amides is 1. The normalized spacial score (nSPS) is 13.0. The van der Waals surface area contributed by atoms with Gasteiger partial charge in [0.25, 0.3) is 5.91 Å². The van der Waals surface area contributed by atoms with E-state index in [4.69, 9.17) is 0 Å². The summed E-state index contributed by atoms with van der Waals surface area (Å²) >= 11 is 1.39. The quantitative estimate of drug-likeness (QED) is 0.501. The number of halogens is 2. The van der Waals surface area contributed by atoms with Crippen molar-refractivity contribution in [2.75, 3.05) is 7.05 Å². The predicted octanol–water partition coefficient (Wildman–Crippen LogP) is 0.463. The van der Waals surface area contributed by atoms with E-state index < -0.39 is 10.1 Å². The van der Waals surface area contributed by atoms with Crippen LogP contribution in [0.15, 0.2) is 0 Å². The number of rotatable bonds is 1. The molecule has 1 unspecified atom stereocenters. The molecule has 1 atom stereocenters. The summed E-state index contributed by atoms with van der Waals surface area (Å²) in [5.74, 6) is -0.583. The molecule has 0 aliphatic carbocycles. The predicted molar refractivity (Wildman–Crippen MR) is 33.0 cm³/mol. The third kappa shape index (κ3) is 2.78. The molecule has 42 valence electrons. The molecule has 0 rings (SSSR count). The highest BCUT2D eigenvalue weighted by molar-refractivity contribution is 14.1. The summed E-state index contributed by atoms with van der Waals surface area (Å²) in [7, 11) is 1.40. The van der Waals surface area contributed by atoms with E-state index in [1.165, 1.54) is 29.6 Å². The molecule has 7 heavy (non-hydrogen) atoms. The van der Waals surface area contributed by atoms with Crippen LogP contribution in [0.1, 0.15) is 0 Å². The molecule has 1 amide bonds. The lowest BCUT2D eigenvalue weighted by Gasteiger charge is -1.93. The lowest BCUT2D eigenvalue weighted by atomic mass is 10.7. The summed E-state index contributed by atoms with van der Waals surface area (Å²) in [4.78, 5) is 10.0. The van der Waals surface area contributed by atoms with E-state index in [1.807, 2.05) is 0 Å². The molecule has 2 nitrogen and oxygen atoms in total. The second kappa shape index (κ2) is 3.17. The van der Waals surface area contributed by atoms with Gasteiger partial charge in [0.15, 0.2) is 0 Å². The van der Waals surface area contributed by atoms with Gasteiger partial charge in [0.1, 0.15) is 0 Å². The van der Waals surface area contributed by atoms with Gasteiger partial charge in [-0.05, 0) is 22.6 Å². The zero-order chi connectivity index (χ0) is 5.86. The minimum absolute atomic E-state index is 0.583. The first kappa shape index (κ1) is 7.13. The minimum Gasteiger partial charge on any atom is -0.356 e. The van der Waals surface area contributed by atoms with Gasteiger partial charge in [-0.25, -0.2) is 4.39 Å². The summed E-state index contributed by atoms with van der Waals surface area (Å²) in [5, 5.41) is 2.14. The largest absolute Gasteiger partial charge is 0.356 e. The summed E-state index contributed by atoms with van der Waals surface area (Å²) in [6.45, 7) is 0. The molecule has 0 spiro atoms. The van der Waals surface area contributed by atoms with E-state index >= 15 is 0 Å². The van der Waals surface area contributed by atoms with Gasteiger partial charge in [0.05, 0.1) is 0 Å². The fraction of sp³-hybridized carbons (Fsp3) is 0.667. The van der Waals surface area contributed by atoms with Crippen LogP contribution in [0.5, 0.6) is 0 Å². The molecule has 0 saturated carbocycles. The molecule has 0 radical (unpaired) electrons. The maximum atomic E-state index is 11.7. The van der Waals surface area contributed by atoms with E-state index in [0.29, 0.717) is 0 Å². The fourth-order valence-corrected chi connectivity index (χ4v) is 0.421. The SMILES string of the molecule is CNC(=O)C(F)I. The smallest absolute Gasteiger partial charge is 0.264 e. The zero-order valence-electron chi connectivity index (χ0n) is 3.74. The third-order valence-corrected chi connectivity index (χ3v) is 1.01. The van der Waals surface area contributed by atoms with Crippen molar-refractivity contribution in [3.8, 4) is 0 Å². The van der Waals surface area contributed by atoms with Gasteiger partial charge in [0, 0.05) is 7.05 Å². The van der Waals surface area contributed by atoms with Crippen LogP contribution >= 0.6 is 22.6 Å². The van der Waals surface area contributed by atoms with Gasteiger partial charge in [0.2, 0.25) is 4.18 Å². The van der Waals surface area contributed by atoms with Gasteiger partial charge in [-0.3, -0.25) is 4.79 Å². The summed E-state index contributed by atoms with van der Waals surface area (Å²) in [6.07, 6.45) is 0. The average Bonchev–Trinajstić information content (AvgIpc) is 1.65. The molecular weight excluding hydrogens is 212 g/mol. The van der Waals surface area contributed by atoms with Crippen molar-refractivity contribution in [2.45, 2.75) is 4.18 Å². The first-order chi connectivity index (χ1) is 3.18. The molecular formula is C3H5FINO. The zero-order valence-corrected chi connectivity index (χ0v) is 5.90. The third-order valence-electron chi connectivity index (χ3n) is 0.445. The van der Waals surface area contributed by atoms with Crippen LogP contribution in [0, 0.1) is 0 Å². The highest BCUT2D eigenvalue weighted by atomic mass is 127. The maximum absolute atomic E-state index is 11.7. The van der Waals surface area contributed by atoms with Gasteiger partial charge >= 0.3 is 0 Å². The molecule has 0 fully saturated rings. The Morgan fingerprint density at radius 2 is 2.43 bits per heavy atom. The Hall–Kier alpha value is 0.130. The topological polar surface area (TPSA) is 29.1 Å². The standard InChI is InChI=1S/C3H5FINO/c1-6-3(7)2(4)5/h2H,1H3,(H,6,7). The van der Waals surface area contributed by atoms with Gasteiger partial charge in [-0.15, -0.1) is 0 Å². The average molecular weight is 217 g/mol. The molecule has 4 heteroatoms. The number of carbonyl (C=O) groups is 1. The lowest BCUT2D eigenvalue weighted by Crippen LogP contribution is -2.23. The van der Waals surface area contributed by atoms with E-state index in [1.54, 1.807) is 0 Å². The summed E-state index contributed by atoms with van der Waals surface area (Å²) in [6, 6.07) is 0. The van der Waals surface area contributed by atoms with Crippen molar-refractivity contribution >= 4 is 28.5 Å². The Labute approximate surface area is 54.6 Å². The Morgan fingerprint density at radius 1 is 2.00 bits per heavy atom. The Kier molecular flexibility index (Phi) is 3.23. The molecule has 0 bridgehead atoms. The van der Waals surface area contributed by atoms with Crippen molar-refractivity contribution in [1.29, 1.82) is 0 Å². The van der Waals surface area contributed by atoms with E-state index in [2.05, 4.69) is 5.32 Å². The van der Waals surface area contributed by atoms with Crippen molar-refractivity contribution in [2.24, 2.45) is 0 Å². The van der Waals surface area contributed by atoms with E-state index in [-0.39, 0.29) is 0 Å². The van der Waals surface area contributed by atoms with E-state index in [0.717, 1.165) is 0 Å². The lowest BCUT2D eigenvalue weighted by molar-refractivity contribution is -0.122. The molecule has 0 aliphatic heterocycles. The first-order valence-corrected chi connectivity index (χ1v) is 2.92. The van der Waals surface area contributed by atoms with Crippen molar-refractivity contribution in [1.82, 2.24) is 5.32 Å². The molecule has 0 aromatic rings. The minimum atomic E-state index is -1.41. The van der Waals surface area contributed by atoms with Gasteiger partial charge in [-0.1, -0.05) is 0 Å². The number of hydrogen-bond acceptors (Lipinski definition) is 1. The number of hydrogen-bond donors (Lipinski definition) is 1. The van der Waals surface area contributed by atoms with Crippen LogP contribution in [-0.4, -0.2) is 17.1 Å². The second-order valence-corrected chi connectivity index (χ2v) is 2.01. The van der Waals surface area contributed by atoms with Crippen LogP contribution < -0.4 is 5.32 Å². The highest BCUT2D eigenvalue weighted by Gasteiger charge is 2.07. The molecule has 0 aliphatic rings. The highest BCUT2D eigenvalue weighted by Crippen LogP contribution is 1.98. The van der Waals surface area contributed by atoms with Gasteiger partial charge < -0.3 is 5.32 Å². The first-order valence-electron chi connectivity index (χ1n) is 1.68. The second-order valence-electron chi connectivity index (χ2n) is 0.915. The van der Waals surface area contributed by atoms with Crippen molar-refractivity contribution in [3.05, 3.63) is 0 Å². The molecule has 0 saturated heterocycles. The van der Waals surface area contributed by atoms with Crippen LogP contribution in [0.3, 0.4) is 0 Å². The van der Waals surface area contributed by atoms with Crippen LogP contribution in [0.2, 0.25) is 0 Å².